The number of benzene rings is 2. The molecule has 0 aromatic heterocycles. The lowest BCUT2D eigenvalue weighted by atomic mass is 10.0. The zero-order valence-corrected chi connectivity index (χ0v) is 15.2. The number of hydrogen-bond donors (Lipinski definition) is 0. The summed E-state index contributed by atoms with van der Waals surface area (Å²) in [6, 6.07) is 8.24. The van der Waals surface area contributed by atoms with Crippen molar-refractivity contribution in [2.45, 2.75) is 5.38 Å². The van der Waals surface area contributed by atoms with Crippen molar-refractivity contribution in [3.05, 3.63) is 56.2 Å². The van der Waals surface area contributed by atoms with Crippen molar-refractivity contribution < 1.29 is 13.9 Å². The SMILES string of the molecule is COc1cc(Br)c(C(Cl)c2c(F)cccc2Br)cc1OC. The Morgan fingerprint density at radius 1 is 1.05 bits per heavy atom. The Bertz CT molecular complexity index is 644. The van der Waals surface area contributed by atoms with Crippen molar-refractivity contribution in [3.8, 4) is 11.5 Å². The summed E-state index contributed by atoms with van der Waals surface area (Å²) >= 11 is 13.3. The van der Waals surface area contributed by atoms with Crippen LogP contribution in [0.2, 0.25) is 0 Å². The van der Waals surface area contributed by atoms with Crippen LogP contribution >= 0.6 is 43.5 Å². The van der Waals surface area contributed by atoms with Crippen LogP contribution in [0.5, 0.6) is 11.5 Å². The molecule has 0 aliphatic rings. The molecular formula is C15H12Br2ClFO2. The summed E-state index contributed by atoms with van der Waals surface area (Å²) in [5.41, 5.74) is 1.08. The first-order chi connectivity index (χ1) is 9.99. The van der Waals surface area contributed by atoms with Crippen molar-refractivity contribution in [3.63, 3.8) is 0 Å². The minimum atomic E-state index is -0.672. The quantitative estimate of drug-likeness (QED) is 0.571. The molecule has 1 unspecified atom stereocenters. The molecule has 6 heteroatoms. The number of methoxy groups -OCH3 is 2. The molecule has 0 radical (unpaired) electrons. The predicted octanol–water partition coefficient (Wildman–Crippen LogP) is 5.70. The lowest BCUT2D eigenvalue weighted by Gasteiger charge is -2.17. The summed E-state index contributed by atoms with van der Waals surface area (Å²) < 4.78 is 25.9. The predicted molar refractivity (Wildman–Crippen MR) is 89.0 cm³/mol. The second-order valence-electron chi connectivity index (χ2n) is 4.23. The van der Waals surface area contributed by atoms with Gasteiger partial charge in [0.15, 0.2) is 11.5 Å². The molecule has 0 N–H and O–H groups in total. The normalized spacial score (nSPS) is 12.1. The molecule has 2 rings (SSSR count). The van der Waals surface area contributed by atoms with Crippen LogP contribution in [-0.4, -0.2) is 14.2 Å². The van der Waals surface area contributed by atoms with Crippen molar-refractivity contribution in [2.24, 2.45) is 0 Å². The molecule has 0 bridgehead atoms. The summed E-state index contributed by atoms with van der Waals surface area (Å²) in [4.78, 5) is 0. The first-order valence-electron chi connectivity index (χ1n) is 5.99. The van der Waals surface area contributed by atoms with E-state index >= 15 is 0 Å². The molecule has 2 aromatic rings. The lowest BCUT2D eigenvalue weighted by Crippen LogP contribution is -2.01. The van der Waals surface area contributed by atoms with Gasteiger partial charge in [-0.15, -0.1) is 11.6 Å². The number of rotatable bonds is 4. The van der Waals surface area contributed by atoms with Gasteiger partial charge in [0.2, 0.25) is 0 Å². The van der Waals surface area contributed by atoms with Gasteiger partial charge in [0.05, 0.1) is 19.6 Å². The average molecular weight is 439 g/mol. The van der Waals surface area contributed by atoms with E-state index in [0.717, 1.165) is 4.47 Å². The zero-order valence-electron chi connectivity index (χ0n) is 11.3. The van der Waals surface area contributed by atoms with Crippen LogP contribution in [0, 0.1) is 5.82 Å². The van der Waals surface area contributed by atoms with Gasteiger partial charge in [-0.25, -0.2) is 4.39 Å². The highest BCUT2D eigenvalue weighted by Gasteiger charge is 2.22. The Balaban J connectivity index is 2.56. The van der Waals surface area contributed by atoms with Gasteiger partial charge in [-0.2, -0.15) is 0 Å². The maximum absolute atomic E-state index is 14.1. The van der Waals surface area contributed by atoms with Crippen molar-refractivity contribution in [2.75, 3.05) is 14.2 Å². The Kier molecular flexibility index (Phi) is 5.52. The maximum atomic E-state index is 14.1. The zero-order chi connectivity index (χ0) is 15.6. The van der Waals surface area contributed by atoms with Gasteiger partial charge >= 0.3 is 0 Å². The Morgan fingerprint density at radius 3 is 2.24 bits per heavy atom. The monoisotopic (exact) mass is 436 g/mol. The largest absolute Gasteiger partial charge is 0.493 e. The molecule has 0 saturated heterocycles. The van der Waals surface area contributed by atoms with E-state index < -0.39 is 5.38 Å². The Morgan fingerprint density at radius 2 is 1.67 bits per heavy atom. The second-order valence-corrected chi connectivity index (χ2v) is 6.37. The molecular weight excluding hydrogens is 426 g/mol. The molecule has 0 fully saturated rings. The molecule has 1 atom stereocenters. The fourth-order valence-corrected chi connectivity index (χ4v) is 3.76. The van der Waals surface area contributed by atoms with E-state index in [9.17, 15) is 4.39 Å². The minimum Gasteiger partial charge on any atom is -0.493 e. The highest BCUT2D eigenvalue weighted by atomic mass is 79.9. The minimum absolute atomic E-state index is 0.369. The molecule has 0 amide bonds. The molecule has 0 aliphatic carbocycles. The summed E-state index contributed by atoms with van der Waals surface area (Å²) in [5, 5.41) is -0.672. The summed E-state index contributed by atoms with van der Waals surface area (Å²) in [6.45, 7) is 0. The Hall–Kier alpha value is -0.780. The molecule has 2 aromatic carbocycles. The standard InChI is InChI=1S/C15H12Br2ClFO2/c1-20-12-6-8(10(17)7-13(12)21-2)15(18)14-9(16)4-3-5-11(14)19/h3-7,15H,1-2H3. The van der Waals surface area contributed by atoms with E-state index in [1.165, 1.54) is 13.2 Å². The number of halogens is 4. The van der Waals surface area contributed by atoms with E-state index in [1.54, 1.807) is 31.4 Å². The van der Waals surface area contributed by atoms with Gasteiger partial charge in [-0.1, -0.05) is 37.9 Å². The third-order valence-electron chi connectivity index (χ3n) is 3.03. The lowest BCUT2D eigenvalue weighted by molar-refractivity contribution is 0.354. The second kappa shape index (κ2) is 6.99. The van der Waals surface area contributed by atoms with E-state index in [2.05, 4.69) is 31.9 Å². The molecule has 0 aliphatic heterocycles. The highest BCUT2D eigenvalue weighted by molar-refractivity contribution is 9.10. The van der Waals surface area contributed by atoms with Gasteiger partial charge < -0.3 is 9.47 Å². The van der Waals surface area contributed by atoms with Gasteiger partial charge in [0.25, 0.3) is 0 Å². The van der Waals surface area contributed by atoms with Crippen molar-refractivity contribution in [1.82, 2.24) is 0 Å². The maximum Gasteiger partial charge on any atom is 0.161 e. The number of alkyl halides is 1. The number of hydrogen-bond acceptors (Lipinski definition) is 2. The van der Waals surface area contributed by atoms with Crippen LogP contribution in [-0.2, 0) is 0 Å². The van der Waals surface area contributed by atoms with Crippen LogP contribution in [0.15, 0.2) is 39.3 Å². The van der Waals surface area contributed by atoms with E-state index in [1.807, 2.05) is 0 Å². The molecule has 112 valence electrons. The van der Waals surface area contributed by atoms with Gasteiger partial charge in [0, 0.05) is 14.5 Å². The number of ether oxygens (including phenoxy) is 2. The van der Waals surface area contributed by atoms with Crippen LogP contribution in [0.25, 0.3) is 0 Å². The van der Waals surface area contributed by atoms with E-state index in [-0.39, 0.29) is 5.82 Å². The Labute approximate surface area is 144 Å². The van der Waals surface area contributed by atoms with Crippen LogP contribution in [0.3, 0.4) is 0 Å². The van der Waals surface area contributed by atoms with E-state index in [0.29, 0.717) is 27.1 Å². The van der Waals surface area contributed by atoms with Gasteiger partial charge in [-0.05, 0) is 29.8 Å². The molecule has 0 saturated carbocycles. The van der Waals surface area contributed by atoms with Gasteiger partial charge in [0.1, 0.15) is 5.82 Å². The van der Waals surface area contributed by atoms with Crippen LogP contribution < -0.4 is 9.47 Å². The fourth-order valence-electron chi connectivity index (χ4n) is 1.97. The van der Waals surface area contributed by atoms with Crippen LogP contribution in [0.4, 0.5) is 4.39 Å². The van der Waals surface area contributed by atoms with Crippen molar-refractivity contribution in [1.29, 1.82) is 0 Å². The molecule has 21 heavy (non-hydrogen) atoms. The van der Waals surface area contributed by atoms with Gasteiger partial charge in [-0.3, -0.25) is 0 Å². The van der Waals surface area contributed by atoms with Crippen LogP contribution in [0.1, 0.15) is 16.5 Å². The topological polar surface area (TPSA) is 18.5 Å². The van der Waals surface area contributed by atoms with Crippen molar-refractivity contribution >= 4 is 43.5 Å². The van der Waals surface area contributed by atoms with E-state index in [4.69, 9.17) is 21.1 Å². The molecule has 0 heterocycles. The summed E-state index contributed by atoms with van der Waals surface area (Å²) in [6.07, 6.45) is 0. The average Bonchev–Trinajstić information content (AvgIpc) is 2.46. The third kappa shape index (κ3) is 3.35. The highest BCUT2D eigenvalue weighted by Crippen LogP contribution is 2.42. The fraction of sp³-hybridized carbons (Fsp3) is 0.200. The smallest absolute Gasteiger partial charge is 0.161 e. The molecule has 2 nitrogen and oxygen atoms in total. The third-order valence-corrected chi connectivity index (χ3v) is 4.86. The molecule has 0 spiro atoms. The first-order valence-corrected chi connectivity index (χ1v) is 8.01. The first kappa shape index (κ1) is 16.6. The summed E-state index contributed by atoms with van der Waals surface area (Å²) in [7, 11) is 3.09. The summed E-state index contributed by atoms with van der Waals surface area (Å²) in [5.74, 6) is 0.740.